The van der Waals surface area contributed by atoms with E-state index in [0.29, 0.717) is 12.1 Å². The van der Waals surface area contributed by atoms with Crippen LogP contribution in [0.3, 0.4) is 0 Å². The molecule has 1 aliphatic carbocycles. The first-order valence-electron chi connectivity index (χ1n) is 5.15. The summed E-state index contributed by atoms with van der Waals surface area (Å²) < 4.78 is 0. The molecular formula is C12H18N2. The highest BCUT2D eigenvalue weighted by Gasteiger charge is 2.32. The minimum Gasteiger partial charge on any atom is -0.315 e. The number of rotatable bonds is 2. The third-order valence-corrected chi connectivity index (χ3v) is 3.12. The zero-order chi connectivity index (χ0) is 10.1. The maximum atomic E-state index is 3.40. The Balaban J connectivity index is 2.37. The van der Waals surface area contributed by atoms with E-state index in [0.717, 1.165) is 6.42 Å². The molecule has 0 saturated heterocycles. The van der Waals surface area contributed by atoms with Crippen LogP contribution in [0.25, 0.3) is 0 Å². The van der Waals surface area contributed by atoms with E-state index in [4.69, 9.17) is 0 Å². The Morgan fingerprint density at radius 1 is 1.29 bits per heavy atom. The smallest absolute Gasteiger partial charge is 0.0501 e. The predicted octanol–water partition coefficient (Wildman–Crippen LogP) is 1.43. The van der Waals surface area contributed by atoms with Crippen LogP contribution >= 0.6 is 0 Å². The highest BCUT2D eigenvalue weighted by atomic mass is 15.1. The molecule has 14 heavy (non-hydrogen) atoms. The SMILES string of the molecule is CN[C@H]1Cc2ccccc2[C@H]1N(C)C. The molecule has 0 aromatic heterocycles. The van der Waals surface area contributed by atoms with E-state index in [-0.39, 0.29) is 0 Å². The second-order valence-corrected chi connectivity index (χ2v) is 4.21. The number of benzene rings is 1. The van der Waals surface area contributed by atoms with Crippen LogP contribution in [0.4, 0.5) is 0 Å². The van der Waals surface area contributed by atoms with Gasteiger partial charge in [-0.3, -0.25) is 0 Å². The van der Waals surface area contributed by atoms with Crippen molar-refractivity contribution < 1.29 is 0 Å². The van der Waals surface area contributed by atoms with Crippen molar-refractivity contribution in [2.24, 2.45) is 0 Å². The van der Waals surface area contributed by atoms with Gasteiger partial charge in [0.2, 0.25) is 0 Å². The Bertz CT molecular complexity index is 320. The van der Waals surface area contributed by atoms with Crippen LogP contribution in [-0.4, -0.2) is 32.1 Å². The summed E-state index contributed by atoms with van der Waals surface area (Å²) in [5.41, 5.74) is 2.97. The molecule has 1 aromatic carbocycles. The lowest BCUT2D eigenvalue weighted by Gasteiger charge is -2.26. The Hall–Kier alpha value is -0.860. The summed E-state index contributed by atoms with van der Waals surface area (Å²) in [7, 11) is 6.35. The van der Waals surface area contributed by atoms with Gasteiger partial charge in [0.15, 0.2) is 0 Å². The topological polar surface area (TPSA) is 15.3 Å². The molecular weight excluding hydrogens is 172 g/mol. The van der Waals surface area contributed by atoms with Crippen molar-refractivity contribution in [3.8, 4) is 0 Å². The van der Waals surface area contributed by atoms with Crippen LogP contribution < -0.4 is 5.32 Å². The molecule has 0 radical (unpaired) electrons. The van der Waals surface area contributed by atoms with Gasteiger partial charge in [-0.05, 0) is 38.7 Å². The fourth-order valence-electron chi connectivity index (χ4n) is 2.47. The fraction of sp³-hybridized carbons (Fsp3) is 0.500. The summed E-state index contributed by atoms with van der Waals surface area (Å²) in [6.45, 7) is 0. The largest absolute Gasteiger partial charge is 0.315 e. The fourth-order valence-corrected chi connectivity index (χ4v) is 2.47. The summed E-state index contributed by atoms with van der Waals surface area (Å²) in [6, 6.07) is 9.83. The highest BCUT2D eigenvalue weighted by molar-refractivity contribution is 5.37. The van der Waals surface area contributed by atoms with Crippen molar-refractivity contribution in [3.05, 3.63) is 35.4 Å². The van der Waals surface area contributed by atoms with Crippen LogP contribution in [-0.2, 0) is 6.42 Å². The molecule has 0 spiro atoms. The van der Waals surface area contributed by atoms with Crippen molar-refractivity contribution in [1.29, 1.82) is 0 Å². The third kappa shape index (κ3) is 1.45. The molecule has 1 aliphatic rings. The predicted molar refractivity (Wildman–Crippen MR) is 59.4 cm³/mol. The van der Waals surface area contributed by atoms with Gasteiger partial charge in [0.05, 0.1) is 6.04 Å². The van der Waals surface area contributed by atoms with Gasteiger partial charge in [-0.2, -0.15) is 0 Å². The standard InChI is InChI=1S/C12H18N2/c1-13-11-8-9-6-4-5-7-10(9)12(11)14(2)3/h4-7,11-13H,8H2,1-3H3/t11-,12+/m0/s1. The third-order valence-electron chi connectivity index (χ3n) is 3.12. The first-order chi connectivity index (χ1) is 6.74. The monoisotopic (exact) mass is 190 g/mol. The number of nitrogens with zero attached hydrogens (tertiary/aromatic N) is 1. The van der Waals surface area contributed by atoms with E-state index < -0.39 is 0 Å². The van der Waals surface area contributed by atoms with E-state index in [1.54, 1.807) is 0 Å². The molecule has 0 fully saturated rings. The number of likely N-dealkylation sites (N-methyl/N-ethyl adjacent to an activating group) is 2. The van der Waals surface area contributed by atoms with Gasteiger partial charge in [0.25, 0.3) is 0 Å². The quantitative estimate of drug-likeness (QED) is 0.759. The zero-order valence-electron chi connectivity index (χ0n) is 9.12. The van der Waals surface area contributed by atoms with Gasteiger partial charge in [0.1, 0.15) is 0 Å². The van der Waals surface area contributed by atoms with Crippen LogP contribution in [0.15, 0.2) is 24.3 Å². The minimum absolute atomic E-state index is 0.524. The molecule has 0 saturated carbocycles. The van der Waals surface area contributed by atoms with E-state index in [1.807, 2.05) is 7.05 Å². The van der Waals surface area contributed by atoms with Crippen molar-refractivity contribution >= 4 is 0 Å². The lowest BCUT2D eigenvalue weighted by atomic mass is 10.1. The Kier molecular flexibility index (Phi) is 2.57. The Morgan fingerprint density at radius 2 is 2.00 bits per heavy atom. The van der Waals surface area contributed by atoms with Crippen molar-refractivity contribution in [3.63, 3.8) is 0 Å². The summed E-state index contributed by atoms with van der Waals surface area (Å²) in [6.07, 6.45) is 1.15. The number of hydrogen-bond acceptors (Lipinski definition) is 2. The molecule has 1 N–H and O–H groups in total. The molecule has 0 aliphatic heterocycles. The Labute approximate surface area is 85.9 Å². The lowest BCUT2D eigenvalue weighted by Crippen LogP contribution is -2.36. The number of nitrogens with one attached hydrogen (secondary N) is 1. The molecule has 2 heteroatoms. The van der Waals surface area contributed by atoms with Gasteiger partial charge < -0.3 is 10.2 Å². The molecule has 0 amide bonds. The summed E-state index contributed by atoms with van der Waals surface area (Å²) >= 11 is 0. The van der Waals surface area contributed by atoms with E-state index in [1.165, 1.54) is 11.1 Å². The van der Waals surface area contributed by atoms with Crippen LogP contribution in [0.2, 0.25) is 0 Å². The number of hydrogen-bond donors (Lipinski definition) is 1. The van der Waals surface area contributed by atoms with E-state index >= 15 is 0 Å². The van der Waals surface area contributed by atoms with Crippen LogP contribution in [0, 0.1) is 0 Å². The average Bonchev–Trinajstić information content (AvgIpc) is 2.55. The second kappa shape index (κ2) is 3.71. The first kappa shape index (κ1) is 9.69. The minimum atomic E-state index is 0.524. The van der Waals surface area contributed by atoms with Crippen molar-refractivity contribution in [1.82, 2.24) is 10.2 Å². The van der Waals surface area contributed by atoms with E-state index in [2.05, 4.69) is 48.6 Å². The molecule has 2 atom stereocenters. The molecule has 2 nitrogen and oxygen atoms in total. The summed E-state index contributed by atoms with van der Waals surface area (Å²) in [5.74, 6) is 0. The van der Waals surface area contributed by atoms with Crippen LogP contribution in [0.1, 0.15) is 17.2 Å². The van der Waals surface area contributed by atoms with E-state index in [9.17, 15) is 0 Å². The van der Waals surface area contributed by atoms with Gasteiger partial charge in [0, 0.05) is 6.04 Å². The maximum absolute atomic E-state index is 3.40. The first-order valence-corrected chi connectivity index (χ1v) is 5.15. The molecule has 1 aromatic rings. The normalized spacial score (nSPS) is 25.4. The summed E-state index contributed by atoms with van der Waals surface area (Å²) in [4.78, 5) is 2.30. The molecule has 0 heterocycles. The number of fused-ring (bicyclic) bond motifs is 1. The second-order valence-electron chi connectivity index (χ2n) is 4.21. The van der Waals surface area contributed by atoms with Gasteiger partial charge in [-0.1, -0.05) is 24.3 Å². The average molecular weight is 190 g/mol. The van der Waals surface area contributed by atoms with Gasteiger partial charge in [-0.15, -0.1) is 0 Å². The maximum Gasteiger partial charge on any atom is 0.0501 e. The highest BCUT2D eigenvalue weighted by Crippen LogP contribution is 2.34. The lowest BCUT2D eigenvalue weighted by molar-refractivity contribution is 0.253. The van der Waals surface area contributed by atoms with Crippen LogP contribution in [0.5, 0.6) is 0 Å². The molecule has 0 bridgehead atoms. The van der Waals surface area contributed by atoms with Gasteiger partial charge >= 0.3 is 0 Å². The van der Waals surface area contributed by atoms with Crippen molar-refractivity contribution in [2.75, 3.05) is 21.1 Å². The summed E-state index contributed by atoms with van der Waals surface area (Å²) in [5, 5.41) is 3.40. The zero-order valence-corrected chi connectivity index (χ0v) is 9.12. The van der Waals surface area contributed by atoms with Crippen molar-refractivity contribution in [2.45, 2.75) is 18.5 Å². The molecule has 0 unspecified atom stereocenters. The van der Waals surface area contributed by atoms with Gasteiger partial charge in [-0.25, -0.2) is 0 Å². The molecule has 2 rings (SSSR count). The molecule has 76 valence electrons. The Morgan fingerprint density at radius 3 is 2.64 bits per heavy atom.